The van der Waals surface area contributed by atoms with Crippen LogP contribution < -0.4 is 5.73 Å². The highest BCUT2D eigenvalue weighted by molar-refractivity contribution is 6.05. The van der Waals surface area contributed by atoms with Crippen molar-refractivity contribution in [3.8, 4) is 0 Å². The average Bonchev–Trinajstić information content (AvgIpc) is 2.93. The Labute approximate surface area is 148 Å². The molecule has 4 bridgehead atoms. The molecule has 0 aliphatic heterocycles. The Morgan fingerprint density at radius 1 is 1.24 bits per heavy atom. The van der Waals surface area contributed by atoms with Gasteiger partial charge < -0.3 is 5.73 Å². The first-order valence-electron chi connectivity index (χ1n) is 9.50. The topological polar surface area (TPSA) is 60.9 Å². The summed E-state index contributed by atoms with van der Waals surface area (Å²) < 4.78 is 1.87. The van der Waals surface area contributed by atoms with Gasteiger partial charge in [-0.2, -0.15) is 5.10 Å². The fourth-order valence-electron chi connectivity index (χ4n) is 6.55. The minimum absolute atomic E-state index is 0.223. The van der Waals surface area contributed by atoms with Crippen molar-refractivity contribution in [2.75, 3.05) is 0 Å². The average molecular weight is 335 g/mol. The summed E-state index contributed by atoms with van der Waals surface area (Å²) in [5, 5.41) is 5.54. The Morgan fingerprint density at radius 2 is 1.88 bits per heavy atom. The molecule has 4 fully saturated rings. The monoisotopic (exact) mass is 335 g/mol. The van der Waals surface area contributed by atoms with E-state index in [-0.39, 0.29) is 5.41 Å². The molecule has 0 unspecified atom stereocenters. The Kier molecular flexibility index (Phi) is 3.16. The number of nitrogens with two attached hydrogens (primary N) is 1. The van der Waals surface area contributed by atoms with Gasteiger partial charge in [-0.3, -0.25) is 9.48 Å². The summed E-state index contributed by atoms with van der Waals surface area (Å²) in [6, 6.07) is 6.42. The van der Waals surface area contributed by atoms with Gasteiger partial charge in [0.2, 0.25) is 0 Å². The van der Waals surface area contributed by atoms with Crippen LogP contribution >= 0.6 is 0 Å². The smallest absolute Gasteiger partial charge is 0.269 e. The molecule has 2 aromatic rings. The van der Waals surface area contributed by atoms with Gasteiger partial charge in [-0.25, -0.2) is 0 Å². The number of nitrogens with zero attached hydrogens (tertiary/aromatic N) is 2. The fraction of sp³-hybridized carbons (Fsp3) is 0.524. The Balaban J connectivity index is 1.74. The van der Waals surface area contributed by atoms with E-state index in [1.807, 2.05) is 10.8 Å². The quantitative estimate of drug-likeness (QED) is 0.864. The zero-order valence-electron chi connectivity index (χ0n) is 14.6. The van der Waals surface area contributed by atoms with Gasteiger partial charge in [-0.15, -0.1) is 6.58 Å². The van der Waals surface area contributed by atoms with Crippen LogP contribution in [0.4, 0.5) is 0 Å². The van der Waals surface area contributed by atoms with Gasteiger partial charge in [0, 0.05) is 5.39 Å². The summed E-state index contributed by atoms with van der Waals surface area (Å²) in [5.74, 6) is 2.16. The van der Waals surface area contributed by atoms with E-state index < -0.39 is 5.91 Å². The molecule has 0 spiro atoms. The molecule has 130 valence electrons. The molecule has 1 aromatic heterocycles. The molecule has 0 radical (unpaired) electrons. The van der Waals surface area contributed by atoms with Gasteiger partial charge in [0.25, 0.3) is 5.91 Å². The maximum atomic E-state index is 12.1. The van der Waals surface area contributed by atoms with Gasteiger partial charge in [0.05, 0.1) is 12.1 Å². The number of allylic oxidation sites excluding steroid dienone is 1. The lowest BCUT2D eigenvalue weighted by atomic mass is 9.48. The van der Waals surface area contributed by atoms with E-state index in [9.17, 15) is 4.79 Å². The summed E-state index contributed by atoms with van der Waals surface area (Å²) in [4.78, 5) is 12.1. The normalized spacial score (nSPS) is 33.0. The van der Waals surface area contributed by atoms with Gasteiger partial charge in [-0.05, 0) is 73.3 Å². The first-order valence-corrected chi connectivity index (χ1v) is 9.50. The van der Waals surface area contributed by atoms with Crippen LogP contribution in [0, 0.1) is 17.8 Å². The number of fused-ring (bicyclic) bond motifs is 1. The molecular formula is C21H25N3O. The third-order valence-electron chi connectivity index (χ3n) is 6.92. The molecule has 4 nitrogen and oxygen atoms in total. The maximum Gasteiger partial charge on any atom is 0.269 e. The van der Waals surface area contributed by atoms with Crippen LogP contribution in [-0.4, -0.2) is 15.7 Å². The van der Waals surface area contributed by atoms with Crippen LogP contribution in [0.15, 0.2) is 30.9 Å². The summed E-state index contributed by atoms with van der Waals surface area (Å²) in [7, 11) is 0. The highest BCUT2D eigenvalue weighted by Crippen LogP contribution is 2.61. The van der Waals surface area contributed by atoms with E-state index in [2.05, 4.69) is 29.9 Å². The lowest BCUT2D eigenvalue weighted by molar-refractivity contribution is -0.00450. The number of amides is 1. The highest BCUT2D eigenvalue weighted by atomic mass is 16.1. The lowest BCUT2D eigenvalue weighted by Gasteiger charge is -2.57. The second kappa shape index (κ2) is 5.20. The third kappa shape index (κ3) is 2.12. The summed E-state index contributed by atoms with van der Waals surface area (Å²) in [6.45, 7) is 4.41. The minimum Gasteiger partial charge on any atom is -0.364 e. The molecule has 0 saturated heterocycles. The molecule has 1 amide bonds. The van der Waals surface area contributed by atoms with Crippen LogP contribution in [-0.2, 0) is 12.0 Å². The Bertz CT molecular complexity index is 843. The van der Waals surface area contributed by atoms with Crippen molar-refractivity contribution in [2.45, 2.75) is 50.5 Å². The van der Waals surface area contributed by atoms with Gasteiger partial charge in [0.1, 0.15) is 0 Å². The largest absolute Gasteiger partial charge is 0.364 e. The number of hydrogen-bond acceptors (Lipinski definition) is 2. The summed E-state index contributed by atoms with van der Waals surface area (Å²) >= 11 is 0. The molecule has 1 aromatic carbocycles. The van der Waals surface area contributed by atoms with Crippen LogP contribution in [0.2, 0.25) is 0 Å². The van der Waals surface area contributed by atoms with E-state index in [0.717, 1.165) is 28.7 Å². The van der Waals surface area contributed by atoms with Gasteiger partial charge >= 0.3 is 0 Å². The number of rotatable bonds is 4. The minimum atomic E-state index is -0.426. The second-order valence-corrected chi connectivity index (χ2v) is 8.58. The molecule has 4 heteroatoms. The van der Waals surface area contributed by atoms with Crippen molar-refractivity contribution in [2.24, 2.45) is 23.5 Å². The number of aromatic nitrogens is 2. The van der Waals surface area contributed by atoms with E-state index in [0.29, 0.717) is 12.2 Å². The van der Waals surface area contributed by atoms with Crippen molar-refractivity contribution in [3.63, 3.8) is 0 Å². The predicted molar refractivity (Wildman–Crippen MR) is 98.3 cm³/mol. The Morgan fingerprint density at radius 3 is 2.44 bits per heavy atom. The molecule has 0 atom stereocenters. The maximum absolute atomic E-state index is 12.1. The number of carbonyl (C=O) groups is 1. The fourth-order valence-corrected chi connectivity index (χ4v) is 6.55. The molecule has 1 heterocycles. The molecule has 2 N–H and O–H groups in total. The molecule has 25 heavy (non-hydrogen) atoms. The first kappa shape index (κ1) is 15.2. The molecular weight excluding hydrogens is 310 g/mol. The third-order valence-corrected chi connectivity index (χ3v) is 6.92. The van der Waals surface area contributed by atoms with E-state index >= 15 is 0 Å². The second-order valence-electron chi connectivity index (χ2n) is 8.58. The summed E-state index contributed by atoms with van der Waals surface area (Å²) in [5.41, 5.74) is 8.71. The lowest BCUT2D eigenvalue weighted by Crippen LogP contribution is -2.48. The van der Waals surface area contributed by atoms with Gasteiger partial charge in [0.15, 0.2) is 5.69 Å². The first-order chi connectivity index (χ1) is 12.1. The standard InChI is InChI=1S/C21H25N3O/c1-2-6-24-17-5-3-4-16(18(17)19(23-24)20(22)25)21-10-13-7-14(11-21)9-15(8-13)12-21/h2-5,13-15H,1,6-12H2,(H2,22,25). The van der Waals surface area contributed by atoms with E-state index in [1.165, 1.54) is 44.1 Å². The van der Waals surface area contributed by atoms with Crippen molar-refractivity contribution in [1.29, 1.82) is 0 Å². The van der Waals surface area contributed by atoms with Crippen LogP contribution in [0.1, 0.15) is 54.6 Å². The zero-order valence-corrected chi connectivity index (χ0v) is 14.6. The van der Waals surface area contributed by atoms with Crippen LogP contribution in [0.3, 0.4) is 0 Å². The predicted octanol–water partition coefficient (Wildman–Crippen LogP) is 3.79. The molecule has 4 saturated carbocycles. The molecule has 4 aliphatic rings. The highest BCUT2D eigenvalue weighted by Gasteiger charge is 2.52. The number of carbonyl (C=O) groups excluding carboxylic acids is 1. The van der Waals surface area contributed by atoms with E-state index in [1.54, 1.807) is 0 Å². The summed E-state index contributed by atoms with van der Waals surface area (Å²) in [6.07, 6.45) is 9.85. The SMILES string of the molecule is C=CCn1nc(C(N)=O)c2c(C34CC5CC(CC(C5)C3)C4)cccc21. The van der Waals surface area contributed by atoms with Crippen LogP contribution in [0.5, 0.6) is 0 Å². The molecule has 6 rings (SSSR count). The number of benzene rings is 1. The van der Waals surface area contributed by atoms with Crippen molar-refractivity contribution in [3.05, 3.63) is 42.1 Å². The van der Waals surface area contributed by atoms with Crippen molar-refractivity contribution >= 4 is 16.8 Å². The zero-order chi connectivity index (χ0) is 17.2. The number of primary amides is 1. The number of hydrogen-bond donors (Lipinski definition) is 1. The van der Waals surface area contributed by atoms with Crippen molar-refractivity contribution < 1.29 is 4.79 Å². The van der Waals surface area contributed by atoms with Gasteiger partial charge in [-0.1, -0.05) is 18.2 Å². The van der Waals surface area contributed by atoms with Crippen LogP contribution in [0.25, 0.3) is 10.9 Å². The Hall–Kier alpha value is -2.10. The van der Waals surface area contributed by atoms with E-state index in [4.69, 9.17) is 5.73 Å². The molecule has 4 aliphatic carbocycles. The van der Waals surface area contributed by atoms with Crippen molar-refractivity contribution in [1.82, 2.24) is 9.78 Å².